The molecule has 1 aromatic rings. The van der Waals surface area contributed by atoms with Gasteiger partial charge in [-0.05, 0) is 36.1 Å². The summed E-state index contributed by atoms with van der Waals surface area (Å²) < 4.78 is 5.02. The maximum Gasteiger partial charge on any atom is 0.287 e. The first-order valence-corrected chi connectivity index (χ1v) is 6.76. The second kappa shape index (κ2) is 6.97. The minimum Gasteiger partial charge on any atom is -0.440 e. The molecule has 0 aliphatic carbocycles. The smallest absolute Gasteiger partial charge is 0.287 e. The maximum absolute atomic E-state index is 11.6. The zero-order valence-electron chi connectivity index (χ0n) is 9.13. The van der Waals surface area contributed by atoms with Crippen molar-refractivity contribution in [3.05, 3.63) is 23.1 Å². The number of carbonyl (C=O) groups excluding carboxylic acids is 1. The second-order valence-corrected chi connectivity index (χ2v) is 4.73. The quantitative estimate of drug-likeness (QED) is 0.818. The lowest BCUT2D eigenvalue weighted by Crippen LogP contribution is -2.29. The van der Waals surface area contributed by atoms with Gasteiger partial charge in [-0.1, -0.05) is 29.3 Å². The summed E-state index contributed by atoms with van der Waals surface area (Å²) in [5, 5.41) is 4.02. The predicted molar refractivity (Wildman–Crippen MR) is 68.2 cm³/mol. The van der Waals surface area contributed by atoms with Gasteiger partial charge in [-0.3, -0.25) is 4.79 Å². The molecule has 0 saturated heterocycles. The molecule has 0 aliphatic heterocycles. The van der Waals surface area contributed by atoms with Gasteiger partial charge >= 0.3 is 0 Å². The van der Waals surface area contributed by atoms with Crippen LogP contribution in [0.3, 0.4) is 0 Å². The maximum atomic E-state index is 11.6. The summed E-state index contributed by atoms with van der Waals surface area (Å²) >= 11 is 8.99. The normalized spacial score (nSPS) is 12.4. The number of halogens is 2. The summed E-state index contributed by atoms with van der Waals surface area (Å²) in [6.45, 7) is 2.78. The largest absolute Gasteiger partial charge is 0.440 e. The molecule has 0 aliphatic rings. The lowest BCUT2D eigenvalue weighted by atomic mass is 10.0. The lowest BCUT2D eigenvalue weighted by molar-refractivity contribution is 0.0919. The van der Waals surface area contributed by atoms with E-state index in [-0.39, 0.29) is 16.9 Å². The fraction of sp³-hybridized carbons (Fsp3) is 0.545. The first kappa shape index (κ1) is 13.6. The topological polar surface area (TPSA) is 42.2 Å². The molecule has 0 spiro atoms. The highest BCUT2D eigenvalue weighted by molar-refractivity contribution is 9.09. The predicted octanol–water partition coefficient (Wildman–Crippen LogP) is 3.47. The third-order valence-corrected chi connectivity index (χ3v) is 3.10. The van der Waals surface area contributed by atoms with Crippen molar-refractivity contribution in [3.8, 4) is 0 Å². The highest BCUT2D eigenvalue weighted by atomic mass is 79.9. The van der Waals surface area contributed by atoms with E-state index in [9.17, 15) is 4.79 Å². The Hall–Kier alpha value is -0.480. The molecule has 1 unspecified atom stereocenters. The van der Waals surface area contributed by atoms with Crippen molar-refractivity contribution < 1.29 is 9.21 Å². The van der Waals surface area contributed by atoms with E-state index in [4.69, 9.17) is 16.0 Å². The third-order valence-electron chi connectivity index (χ3n) is 2.44. The van der Waals surface area contributed by atoms with E-state index in [1.807, 2.05) is 0 Å². The number of carbonyl (C=O) groups is 1. The SMILES string of the molecule is CCC(CCBr)CNC(=O)c1ccc(Cl)o1. The van der Waals surface area contributed by atoms with Crippen LogP contribution in [0, 0.1) is 5.92 Å². The molecule has 1 rings (SSSR count). The van der Waals surface area contributed by atoms with E-state index in [0.29, 0.717) is 12.5 Å². The van der Waals surface area contributed by atoms with Crippen LogP contribution in [0.1, 0.15) is 30.3 Å². The van der Waals surface area contributed by atoms with Crippen LogP contribution in [-0.2, 0) is 0 Å². The van der Waals surface area contributed by atoms with Gasteiger partial charge in [0.05, 0.1) is 0 Å². The van der Waals surface area contributed by atoms with Gasteiger partial charge in [0.1, 0.15) is 0 Å². The standard InChI is InChI=1S/C11H15BrClNO2/c1-2-8(5-6-12)7-14-11(15)9-3-4-10(13)16-9/h3-4,8H,2,5-7H2,1H3,(H,14,15). The first-order valence-electron chi connectivity index (χ1n) is 5.26. The van der Waals surface area contributed by atoms with Crippen LogP contribution in [0.15, 0.2) is 16.5 Å². The Bertz CT molecular complexity index is 340. The van der Waals surface area contributed by atoms with E-state index in [2.05, 4.69) is 28.2 Å². The van der Waals surface area contributed by atoms with Gasteiger partial charge in [0.2, 0.25) is 0 Å². The highest BCUT2D eigenvalue weighted by Gasteiger charge is 2.12. The van der Waals surface area contributed by atoms with Crippen LogP contribution >= 0.6 is 27.5 Å². The average Bonchev–Trinajstić information content (AvgIpc) is 2.70. The lowest BCUT2D eigenvalue weighted by Gasteiger charge is -2.13. The fourth-order valence-electron chi connectivity index (χ4n) is 1.37. The van der Waals surface area contributed by atoms with Crippen molar-refractivity contribution in [2.45, 2.75) is 19.8 Å². The zero-order chi connectivity index (χ0) is 12.0. The number of rotatable bonds is 6. The second-order valence-electron chi connectivity index (χ2n) is 3.57. The minimum atomic E-state index is -0.208. The fourth-order valence-corrected chi connectivity index (χ4v) is 2.16. The molecule has 16 heavy (non-hydrogen) atoms. The Morgan fingerprint density at radius 3 is 2.88 bits per heavy atom. The van der Waals surface area contributed by atoms with Crippen LogP contribution in [-0.4, -0.2) is 17.8 Å². The monoisotopic (exact) mass is 307 g/mol. The van der Waals surface area contributed by atoms with Crippen molar-refractivity contribution in [3.63, 3.8) is 0 Å². The van der Waals surface area contributed by atoms with Crippen LogP contribution in [0.5, 0.6) is 0 Å². The average molecular weight is 309 g/mol. The number of amides is 1. The molecule has 0 fully saturated rings. The van der Waals surface area contributed by atoms with Gasteiger partial charge in [0, 0.05) is 11.9 Å². The Morgan fingerprint density at radius 1 is 1.62 bits per heavy atom. The van der Waals surface area contributed by atoms with Gasteiger partial charge in [0.25, 0.3) is 5.91 Å². The van der Waals surface area contributed by atoms with Gasteiger partial charge in [-0.25, -0.2) is 0 Å². The van der Waals surface area contributed by atoms with E-state index in [1.54, 1.807) is 12.1 Å². The summed E-state index contributed by atoms with van der Waals surface area (Å²) in [7, 11) is 0. The summed E-state index contributed by atoms with van der Waals surface area (Å²) in [4.78, 5) is 11.6. The molecule has 5 heteroatoms. The molecule has 0 radical (unpaired) electrons. The molecular formula is C11H15BrClNO2. The van der Waals surface area contributed by atoms with Crippen LogP contribution < -0.4 is 5.32 Å². The Labute approximate surface area is 109 Å². The number of nitrogens with one attached hydrogen (secondary N) is 1. The summed E-state index contributed by atoms with van der Waals surface area (Å²) in [5.41, 5.74) is 0. The van der Waals surface area contributed by atoms with Crippen LogP contribution in [0.4, 0.5) is 0 Å². The summed E-state index contributed by atoms with van der Waals surface area (Å²) in [5.74, 6) is 0.548. The molecule has 1 heterocycles. The zero-order valence-corrected chi connectivity index (χ0v) is 11.5. The van der Waals surface area contributed by atoms with Crippen molar-refractivity contribution in [1.82, 2.24) is 5.32 Å². The van der Waals surface area contributed by atoms with Crippen LogP contribution in [0.2, 0.25) is 5.22 Å². The molecule has 0 saturated carbocycles. The molecule has 1 N–H and O–H groups in total. The van der Waals surface area contributed by atoms with E-state index in [0.717, 1.165) is 18.2 Å². The van der Waals surface area contributed by atoms with Crippen molar-refractivity contribution in [1.29, 1.82) is 0 Å². The number of hydrogen-bond donors (Lipinski definition) is 1. The number of alkyl halides is 1. The third kappa shape index (κ3) is 4.18. The van der Waals surface area contributed by atoms with Crippen LogP contribution in [0.25, 0.3) is 0 Å². The van der Waals surface area contributed by atoms with Crippen molar-refractivity contribution >= 4 is 33.4 Å². The van der Waals surface area contributed by atoms with Crippen molar-refractivity contribution in [2.24, 2.45) is 5.92 Å². The molecule has 3 nitrogen and oxygen atoms in total. The Morgan fingerprint density at radius 2 is 2.38 bits per heavy atom. The van der Waals surface area contributed by atoms with Gasteiger partial charge in [0.15, 0.2) is 11.0 Å². The first-order chi connectivity index (χ1) is 7.67. The minimum absolute atomic E-state index is 0.208. The molecule has 0 bridgehead atoms. The van der Waals surface area contributed by atoms with Gasteiger partial charge in [-0.2, -0.15) is 0 Å². The molecule has 1 aromatic heterocycles. The van der Waals surface area contributed by atoms with E-state index in [1.165, 1.54) is 0 Å². The molecular weight excluding hydrogens is 293 g/mol. The molecule has 90 valence electrons. The van der Waals surface area contributed by atoms with Gasteiger partial charge < -0.3 is 9.73 Å². The Kier molecular flexibility index (Phi) is 5.91. The molecule has 0 aromatic carbocycles. The highest BCUT2D eigenvalue weighted by Crippen LogP contribution is 2.13. The number of hydrogen-bond acceptors (Lipinski definition) is 2. The summed E-state index contributed by atoms with van der Waals surface area (Å²) in [6.07, 6.45) is 2.10. The molecule has 1 amide bonds. The van der Waals surface area contributed by atoms with E-state index >= 15 is 0 Å². The van der Waals surface area contributed by atoms with Crippen molar-refractivity contribution in [2.75, 3.05) is 11.9 Å². The van der Waals surface area contributed by atoms with Gasteiger partial charge in [-0.15, -0.1) is 0 Å². The summed E-state index contributed by atoms with van der Waals surface area (Å²) in [6, 6.07) is 3.13. The number of furan rings is 1. The van der Waals surface area contributed by atoms with E-state index < -0.39 is 0 Å². The Balaban J connectivity index is 2.40. The molecule has 1 atom stereocenters.